The first-order valence-corrected chi connectivity index (χ1v) is 11.6. The lowest BCUT2D eigenvalue weighted by atomic mass is 10.1. The highest BCUT2D eigenvalue weighted by molar-refractivity contribution is 7.92. The minimum absolute atomic E-state index is 0.107. The molecule has 0 aromatic heterocycles. The van der Waals surface area contributed by atoms with Crippen molar-refractivity contribution in [2.45, 2.75) is 19.1 Å². The molecule has 0 radical (unpaired) electrons. The summed E-state index contributed by atoms with van der Waals surface area (Å²) in [6.07, 6.45) is 1.18. The lowest BCUT2D eigenvalue weighted by Gasteiger charge is -2.33. The number of anilines is 1. The SMILES string of the molecule is CS(=O)(=O)Nc1ccc(CC(=O)NCC2CN(Cc3ccc(F)cc3)CCO2)cc1. The van der Waals surface area contributed by atoms with E-state index in [9.17, 15) is 17.6 Å². The second kappa shape index (κ2) is 10.0. The van der Waals surface area contributed by atoms with Crippen LogP contribution in [0.25, 0.3) is 0 Å². The zero-order valence-electron chi connectivity index (χ0n) is 16.8. The Morgan fingerprint density at radius 3 is 2.47 bits per heavy atom. The van der Waals surface area contributed by atoms with Crippen LogP contribution in [0, 0.1) is 5.82 Å². The minimum Gasteiger partial charge on any atom is -0.374 e. The van der Waals surface area contributed by atoms with Crippen molar-refractivity contribution in [2.24, 2.45) is 0 Å². The molecule has 1 heterocycles. The molecule has 7 nitrogen and oxygen atoms in total. The van der Waals surface area contributed by atoms with Crippen molar-refractivity contribution in [3.63, 3.8) is 0 Å². The van der Waals surface area contributed by atoms with Crippen LogP contribution in [0.4, 0.5) is 10.1 Å². The fourth-order valence-corrected chi connectivity index (χ4v) is 3.84. The molecule has 1 atom stereocenters. The van der Waals surface area contributed by atoms with Crippen molar-refractivity contribution in [3.05, 3.63) is 65.5 Å². The first-order chi connectivity index (χ1) is 14.3. The van der Waals surface area contributed by atoms with Crippen molar-refractivity contribution in [1.82, 2.24) is 10.2 Å². The van der Waals surface area contributed by atoms with E-state index in [4.69, 9.17) is 4.74 Å². The van der Waals surface area contributed by atoms with Gasteiger partial charge in [0.25, 0.3) is 0 Å². The number of nitrogens with one attached hydrogen (secondary N) is 2. The summed E-state index contributed by atoms with van der Waals surface area (Å²) in [5, 5.41) is 2.89. The van der Waals surface area contributed by atoms with E-state index in [1.54, 1.807) is 36.4 Å². The van der Waals surface area contributed by atoms with Crippen LogP contribution in [-0.4, -0.2) is 57.8 Å². The van der Waals surface area contributed by atoms with Gasteiger partial charge in [0.05, 0.1) is 25.4 Å². The van der Waals surface area contributed by atoms with Crippen molar-refractivity contribution in [2.75, 3.05) is 37.2 Å². The maximum atomic E-state index is 13.0. The summed E-state index contributed by atoms with van der Waals surface area (Å²) in [6, 6.07) is 13.1. The highest BCUT2D eigenvalue weighted by atomic mass is 32.2. The number of ether oxygens (including phenoxy) is 1. The second-order valence-corrected chi connectivity index (χ2v) is 9.15. The Balaban J connectivity index is 1.43. The van der Waals surface area contributed by atoms with Crippen molar-refractivity contribution in [1.29, 1.82) is 0 Å². The lowest BCUT2D eigenvalue weighted by Crippen LogP contribution is -2.47. The van der Waals surface area contributed by atoms with Crippen LogP contribution in [0.1, 0.15) is 11.1 Å². The molecule has 30 heavy (non-hydrogen) atoms. The number of rotatable bonds is 8. The van der Waals surface area contributed by atoms with Gasteiger partial charge in [-0.05, 0) is 35.4 Å². The molecule has 1 amide bonds. The molecule has 1 saturated heterocycles. The van der Waals surface area contributed by atoms with Crippen molar-refractivity contribution < 1.29 is 22.3 Å². The number of sulfonamides is 1. The van der Waals surface area contributed by atoms with E-state index in [1.807, 2.05) is 0 Å². The third-order valence-electron chi connectivity index (χ3n) is 4.69. The summed E-state index contributed by atoms with van der Waals surface area (Å²) >= 11 is 0. The molecule has 1 aliphatic rings. The quantitative estimate of drug-likeness (QED) is 0.660. The highest BCUT2D eigenvalue weighted by Crippen LogP contribution is 2.13. The number of morpholine rings is 1. The van der Waals surface area contributed by atoms with Gasteiger partial charge < -0.3 is 10.1 Å². The van der Waals surface area contributed by atoms with Crippen LogP contribution < -0.4 is 10.0 Å². The first kappa shape index (κ1) is 22.2. The zero-order chi connectivity index (χ0) is 21.6. The molecule has 1 aliphatic heterocycles. The van der Waals surface area contributed by atoms with Gasteiger partial charge in [-0.2, -0.15) is 0 Å². The average molecular weight is 436 g/mol. The highest BCUT2D eigenvalue weighted by Gasteiger charge is 2.21. The number of halogens is 1. The van der Waals surface area contributed by atoms with E-state index in [2.05, 4.69) is 14.9 Å². The Kier molecular flexibility index (Phi) is 7.41. The molecule has 0 bridgehead atoms. The predicted octanol–water partition coefficient (Wildman–Crippen LogP) is 1.76. The number of hydrogen-bond acceptors (Lipinski definition) is 5. The van der Waals surface area contributed by atoms with Gasteiger partial charge in [0.15, 0.2) is 0 Å². The fourth-order valence-electron chi connectivity index (χ4n) is 3.28. The molecule has 0 spiro atoms. The number of hydrogen-bond donors (Lipinski definition) is 2. The number of carbonyl (C=O) groups excluding carboxylic acids is 1. The van der Waals surface area contributed by atoms with Crippen LogP contribution in [0.5, 0.6) is 0 Å². The molecule has 0 saturated carbocycles. The van der Waals surface area contributed by atoms with E-state index in [1.165, 1.54) is 12.1 Å². The van der Waals surface area contributed by atoms with Gasteiger partial charge in [0.1, 0.15) is 5.82 Å². The van der Waals surface area contributed by atoms with E-state index in [-0.39, 0.29) is 24.2 Å². The summed E-state index contributed by atoms with van der Waals surface area (Å²) in [4.78, 5) is 14.5. The molecular formula is C21H26FN3O4S. The monoisotopic (exact) mass is 435 g/mol. The second-order valence-electron chi connectivity index (χ2n) is 7.41. The fraction of sp³-hybridized carbons (Fsp3) is 0.381. The van der Waals surface area contributed by atoms with Gasteiger partial charge >= 0.3 is 0 Å². The third kappa shape index (κ3) is 7.40. The Bertz CT molecular complexity index is 949. The van der Waals surface area contributed by atoms with E-state index < -0.39 is 10.0 Å². The van der Waals surface area contributed by atoms with E-state index in [0.717, 1.165) is 23.9 Å². The summed E-state index contributed by atoms with van der Waals surface area (Å²) < 4.78 is 43.6. The van der Waals surface area contributed by atoms with E-state index in [0.29, 0.717) is 31.9 Å². The maximum absolute atomic E-state index is 13.0. The van der Waals surface area contributed by atoms with Gasteiger partial charge in [-0.25, -0.2) is 12.8 Å². The third-order valence-corrected chi connectivity index (χ3v) is 5.30. The molecule has 2 aromatic rings. The van der Waals surface area contributed by atoms with Crippen LogP contribution in [0.2, 0.25) is 0 Å². The molecule has 9 heteroatoms. The van der Waals surface area contributed by atoms with Crippen LogP contribution in [0.15, 0.2) is 48.5 Å². The lowest BCUT2D eigenvalue weighted by molar-refractivity contribution is -0.121. The Morgan fingerprint density at radius 1 is 1.13 bits per heavy atom. The topological polar surface area (TPSA) is 87.7 Å². The predicted molar refractivity (Wildman–Crippen MR) is 113 cm³/mol. The molecule has 162 valence electrons. The van der Waals surface area contributed by atoms with Gasteiger partial charge in [0.2, 0.25) is 15.9 Å². The molecule has 2 N–H and O–H groups in total. The number of nitrogens with zero attached hydrogens (tertiary/aromatic N) is 1. The molecule has 0 aliphatic carbocycles. The Morgan fingerprint density at radius 2 is 1.80 bits per heavy atom. The van der Waals surface area contributed by atoms with Crippen LogP contribution in [0.3, 0.4) is 0 Å². The summed E-state index contributed by atoms with van der Waals surface area (Å²) in [5.41, 5.74) is 2.28. The number of amides is 1. The smallest absolute Gasteiger partial charge is 0.229 e. The van der Waals surface area contributed by atoms with Gasteiger partial charge in [-0.3, -0.25) is 14.4 Å². The van der Waals surface area contributed by atoms with Crippen molar-refractivity contribution in [3.8, 4) is 0 Å². The number of benzene rings is 2. The molecule has 3 rings (SSSR count). The molecule has 2 aromatic carbocycles. The van der Waals surface area contributed by atoms with Gasteiger partial charge in [-0.1, -0.05) is 24.3 Å². The van der Waals surface area contributed by atoms with E-state index >= 15 is 0 Å². The minimum atomic E-state index is -3.32. The maximum Gasteiger partial charge on any atom is 0.229 e. The van der Waals surface area contributed by atoms with Gasteiger partial charge in [-0.15, -0.1) is 0 Å². The first-order valence-electron chi connectivity index (χ1n) is 9.69. The number of carbonyl (C=O) groups is 1. The molecular weight excluding hydrogens is 409 g/mol. The summed E-state index contributed by atoms with van der Waals surface area (Å²) in [5.74, 6) is -0.374. The Labute approximate surface area is 176 Å². The average Bonchev–Trinajstić information content (AvgIpc) is 2.69. The van der Waals surface area contributed by atoms with Crippen LogP contribution >= 0.6 is 0 Å². The summed E-state index contributed by atoms with van der Waals surface area (Å²) in [7, 11) is -3.32. The van der Waals surface area contributed by atoms with Crippen LogP contribution in [-0.2, 0) is 32.5 Å². The molecule has 1 fully saturated rings. The van der Waals surface area contributed by atoms with Crippen molar-refractivity contribution >= 4 is 21.6 Å². The molecule has 1 unspecified atom stereocenters. The largest absolute Gasteiger partial charge is 0.374 e. The normalized spacial score (nSPS) is 17.5. The van der Waals surface area contributed by atoms with Gasteiger partial charge in [0, 0.05) is 31.9 Å². The Hall–Kier alpha value is -2.49. The standard InChI is InChI=1S/C21H26FN3O4S/c1-30(27,28)24-19-8-4-16(5-9-19)12-21(26)23-13-20-15-25(10-11-29-20)14-17-2-6-18(22)7-3-17/h2-9,20,24H,10-15H2,1H3,(H,23,26). The zero-order valence-corrected chi connectivity index (χ0v) is 17.6. The summed E-state index contributed by atoms with van der Waals surface area (Å²) in [6.45, 7) is 3.17.